The summed E-state index contributed by atoms with van der Waals surface area (Å²) in [7, 11) is 0. The highest BCUT2D eigenvalue weighted by atomic mass is 19.4. The van der Waals surface area contributed by atoms with E-state index in [0.717, 1.165) is 0 Å². The minimum atomic E-state index is -4.38. The lowest BCUT2D eigenvalue weighted by molar-refractivity contribution is -0.384. The van der Waals surface area contributed by atoms with Crippen molar-refractivity contribution in [2.24, 2.45) is 0 Å². The molecule has 0 heterocycles. The lowest BCUT2D eigenvalue weighted by atomic mass is 10.2. The van der Waals surface area contributed by atoms with Gasteiger partial charge in [-0.1, -0.05) is 0 Å². The number of hydrogen-bond donors (Lipinski definition) is 1. The average Bonchev–Trinajstić information content (AvgIpc) is 2.27. The minimum Gasteiger partial charge on any atom is -0.380 e. The van der Waals surface area contributed by atoms with Crippen LogP contribution in [0.25, 0.3) is 0 Å². The van der Waals surface area contributed by atoms with Crippen molar-refractivity contribution >= 4 is 11.4 Å². The fourth-order valence-electron chi connectivity index (χ4n) is 1.45. The van der Waals surface area contributed by atoms with Crippen LogP contribution in [0, 0.1) is 10.1 Å². The monoisotopic (exact) mass is 278 g/mol. The maximum absolute atomic E-state index is 11.9. The Balaban J connectivity index is 2.75. The van der Waals surface area contributed by atoms with Gasteiger partial charge < -0.3 is 10.1 Å². The van der Waals surface area contributed by atoms with Gasteiger partial charge in [-0.2, -0.15) is 13.2 Å². The molecule has 0 atom stereocenters. The molecule has 0 aromatic heterocycles. The Labute approximate surface area is 107 Å². The molecule has 1 N–H and O–H groups in total. The van der Waals surface area contributed by atoms with Crippen LogP contribution in [0.15, 0.2) is 18.2 Å². The zero-order valence-corrected chi connectivity index (χ0v) is 10.2. The first-order valence-corrected chi connectivity index (χ1v) is 5.49. The Bertz CT molecular complexity index is 449. The Morgan fingerprint density at radius 2 is 2.11 bits per heavy atom. The van der Waals surface area contributed by atoms with Gasteiger partial charge in [-0.25, -0.2) is 0 Å². The van der Waals surface area contributed by atoms with Gasteiger partial charge >= 0.3 is 6.18 Å². The molecule has 0 saturated heterocycles. The van der Waals surface area contributed by atoms with E-state index in [0.29, 0.717) is 12.1 Å². The summed E-state index contributed by atoms with van der Waals surface area (Å²) in [6.45, 7) is 0.626. The van der Waals surface area contributed by atoms with Gasteiger partial charge in [0.2, 0.25) is 0 Å². The number of nitrogens with zero attached hydrogens (tertiary/aromatic N) is 1. The van der Waals surface area contributed by atoms with Crippen LogP contribution in [-0.2, 0) is 11.3 Å². The van der Waals surface area contributed by atoms with Gasteiger partial charge in [-0.3, -0.25) is 10.1 Å². The second-order valence-corrected chi connectivity index (χ2v) is 3.75. The quantitative estimate of drug-likeness (QED) is 0.641. The third-order valence-electron chi connectivity index (χ3n) is 2.16. The second kappa shape index (κ2) is 6.37. The van der Waals surface area contributed by atoms with Crippen molar-refractivity contribution in [1.82, 2.24) is 0 Å². The van der Waals surface area contributed by atoms with Crippen LogP contribution < -0.4 is 5.32 Å². The van der Waals surface area contributed by atoms with Crippen molar-refractivity contribution in [2.75, 3.05) is 18.5 Å². The molecule has 5 nitrogen and oxygen atoms in total. The molecule has 1 aromatic carbocycles. The van der Waals surface area contributed by atoms with Crippen molar-refractivity contribution in [3.05, 3.63) is 33.9 Å². The Kier molecular flexibility index (Phi) is 5.11. The van der Waals surface area contributed by atoms with Crippen LogP contribution in [0.2, 0.25) is 0 Å². The third kappa shape index (κ3) is 5.12. The molecule has 0 bridgehead atoms. The zero-order valence-electron chi connectivity index (χ0n) is 10.2. The highest BCUT2D eigenvalue weighted by Crippen LogP contribution is 2.26. The fourth-order valence-corrected chi connectivity index (χ4v) is 1.45. The number of nitro benzene ring substituents is 1. The molecule has 106 valence electrons. The molecule has 8 heteroatoms. The smallest absolute Gasteiger partial charge is 0.380 e. The summed E-state index contributed by atoms with van der Waals surface area (Å²) < 4.78 is 40.2. The summed E-state index contributed by atoms with van der Waals surface area (Å²) in [5.74, 6) is 0. The highest BCUT2D eigenvalue weighted by Gasteiger charge is 2.27. The summed E-state index contributed by atoms with van der Waals surface area (Å²) in [6, 6.07) is 4.03. The molecule has 1 aromatic rings. The topological polar surface area (TPSA) is 64.4 Å². The van der Waals surface area contributed by atoms with E-state index < -0.39 is 17.7 Å². The lowest BCUT2D eigenvalue weighted by Gasteiger charge is -2.09. The second-order valence-electron chi connectivity index (χ2n) is 3.75. The number of nitrogens with one attached hydrogen (secondary N) is 1. The van der Waals surface area contributed by atoms with E-state index in [1.54, 1.807) is 6.92 Å². The molecular weight excluding hydrogens is 265 g/mol. The van der Waals surface area contributed by atoms with Gasteiger partial charge in [0.15, 0.2) is 0 Å². The molecule has 0 unspecified atom stereocenters. The predicted octanol–water partition coefficient (Wildman–Crippen LogP) is 3.11. The largest absolute Gasteiger partial charge is 0.411 e. The molecule has 0 spiro atoms. The number of halogens is 3. The van der Waals surface area contributed by atoms with Crippen molar-refractivity contribution in [2.45, 2.75) is 19.7 Å². The van der Waals surface area contributed by atoms with E-state index in [2.05, 4.69) is 10.1 Å². The summed E-state index contributed by atoms with van der Waals surface area (Å²) >= 11 is 0. The number of alkyl halides is 3. The van der Waals surface area contributed by atoms with Gasteiger partial charge in [-0.15, -0.1) is 0 Å². The molecule has 0 radical (unpaired) electrons. The van der Waals surface area contributed by atoms with Crippen molar-refractivity contribution < 1.29 is 22.8 Å². The molecule has 1 rings (SSSR count). The lowest BCUT2D eigenvalue weighted by Crippen LogP contribution is -2.16. The zero-order chi connectivity index (χ0) is 14.5. The van der Waals surface area contributed by atoms with Crippen molar-refractivity contribution in [3.8, 4) is 0 Å². The van der Waals surface area contributed by atoms with E-state index in [1.165, 1.54) is 18.2 Å². The first-order valence-electron chi connectivity index (χ1n) is 5.49. The van der Waals surface area contributed by atoms with E-state index >= 15 is 0 Å². The van der Waals surface area contributed by atoms with E-state index in [9.17, 15) is 23.3 Å². The Morgan fingerprint density at radius 3 is 2.63 bits per heavy atom. The van der Waals surface area contributed by atoms with Crippen molar-refractivity contribution in [3.63, 3.8) is 0 Å². The Morgan fingerprint density at radius 1 is 1.42 bits per heavy atom. The molecule has 0 aliphatic heterocycles. The van der Waals surface area contributed by atoms with Gasteiger partial charge in [0.1, 0.15) is 12.3 Å². The van der Waals surface area contributed by atoms with Crippen LogP contribution in [0.4, 0.5) is 24.5 Å². The fraction of sp³-hybridized carbons (Fsp3) is 0.455. The highest BCUT2D eigenvalue weighted by molar-refractivity contribution is 5.62. The SMILES string of the molecule is CCNc1cc(COCC(F)(F)F)ccc1[N+](=O)[O-]. The van der Waals surface area contributed by atoms with Crippen LogP contribution in [0.3, 0.4) is 0 Å². The van der Waals surface area contributed by atoms with Crippen LogP contribution in [0.5, 0.6) is 0 Å². The molecule has 0 aliphatic rings. The maximum Gasteiger partial charge on any atom is 0.411 e. The van der Waals surface area contributed by atoms with E-state index in [-0.39, 0.29) is 18.0 Å². The minimum absolute atomic E-state index is 0.124. The summed E-state index contributed by atoms with van der Waals surface area (Å²) in [5.41, 5.74) is 0.577. The van der Waals surface area contributed by atoms with Gasteiger partial charge in [-0.05, 0) is 24.6 Å². The molecule has 0 fully saturated rings. The van der Waals surface area contributed by atoms with E-state index in [4.69, 9.17) is 0 Å². The number of ether oxygens (including phenoxy) is 1. The normalized spacial score (nSPS) is 11.4. The number of anilines is 1. The van der Waals surface area contributed by atoms with Crippen LogP contribution in [0.1, 0.15) is 12.5 Å². The number of hydrogen-bond acceptors (Lipinski definition) is 4. The van der Waals surface area contributed by atoms with Gasteiger partial charge in [0.25, 0.3) is 5.69 Å². The summed E-state index contributed by atoms with van der Waals surface area (Å²) in [6.07, 6.45) is -4.38. The molecule has 0 saturated carbocycles. The first-order chi connectivity index (χ1) is 8.83. The first kappa shape index (κ1) is 15.2. The number of nitro groups is 1. The predicted molar refractivity (Wildman–Crippen MR) is 63.0 cm³/mol. The van der Waals surface area contributed by atoms with E-state index in [1.807, 2.05) is 0 Å². The van der Waals surface area contributed by atoms with Gasteiger partial charge in [0.05, 0.1) is 11.5 Å². The number of rotatable bonds is 6. The summed E-state index contributed by atoms with van der Waals surface area (Å²) in [5, 5.41) is 13.5. The van der Waals surface area contributed by atoms with Gasteiger partial charge in [0, 0.05) is 12.6 Å². The molecule has 19 heavy (non-hydrogen) atoms. The number of benzene rings is 1. The molecule has 0 amide bonds. The maximum atomic E-state index is 11.9. The van der Waals surface area contributed by atoms with Crippen LogP contribution in [-0.4, -0.2) is 24.3 Å². The molecular formula is C11H13F3N2O3. The molecule has 0 aliphatic carbocycles. The van der Waals surface area contributed by atoms with Crippen LogP contribution >= 0.6 is 0 Å². The third-order valence-corrected chi connectivity index (χ3v) is 2.16. The summed E-state index contributed by atoms with van der Waals surface area (Å²) in [4.78, 5) is 10.2. The average molecular weight is 278 g/mol. The standard InChI is InChI=1S/C11H13F3N2O3/c1-2-15-9-5-8(3-4-10(9)16(17)18)6-19-7-11(12,13)14/h3-5,15H,2,6-7H2,1H3. The Hall–Kier alpha value is -1.83. The van der Waals surface area contributed by atoms with Crippen molar-refractivity contribution in [1.29, 1.82) is 0 Å².